The molecule has 0 aliphatic rings. The van der Waals surface area contributed by atoms with E-state index in [1.165, 1.54) is 5.56 Å². The lowest BCUT2D eigenvalue weighted by molar-refractivity contribution is 0.288. The number of benzene rings is 1. The first-order valence-electron chi connectivity index (χ1n) is 4.55. The summed E-state index contributed by atoms with van der Waals surface area (Å²) >= 11 is 0. The quantitative estimate of drug-likeness (QED) is 0.746. The number of aliphatic hydroxyl groups is 1. The van der Waals surface area contributed by atoms with E-state index >= 15 is 0 Å². The Balaban J connectivity index is 2.96. The van der Waals surface area contributed by atoms with Gasteiger partial charge in [0.2, 0.25) is 0 Å². The molecule has 2 N–H and O–H groups in total. The smallest absolute Gasteiger partial charge is 0.119 e. The van der Waals surface area contributed by atoms with Gasteiger partial charge in [0.15, 0.2) is 0 Å². The van der Waals surface area contributed by atoms with Crippen LogP contribution in [0.4, 0.5) is 0 Å². The molecule has 2 heteroatoms. The molecule has 2 nitrogen and oxygen atoms in total. The van der Waals surface area contributed by atoms with E-state index < -0.39 is 0 Å². The Kier molecular flexibility index (Phi) is 3.32. The van der Waals surface area contributed by atoms with E-state index in [1.54, 1.807) is 6.07 Å². The fraction of sp³-hybridized carbons (Fsp3) is 0.455. The van der Waals surface area contributed by atoms with Gasteiger partial charge in [0.1, 0.15) is 5.75 Å². The fourth-order valence-electron chi connectivity index (χ4n) is 1.43. The van der Waals surface area contributed by atoms with Crippen molar-refractivity contribution in [3.05, 3.63) is 28.8 Å². The predicted octanol–water partition coefficient (Wildman–Crippen LogP) is 1.93. The molecule has 0 saturated heterocycles. The second-order valence-corrected chi connectivity index (χ2v) is 3.33. The maximum absolute atomic E-state index is 9.56. The Morgan fingerprint density at radius 1 is 1.23 bits per heavy atom. The van der Waals surface area contributed by atoms with Crippen LogP contribution in [0.1, 0.15) is 23.1 Å². The van der Waals surface area contributed by atoms with Crippen LogP contribution in [0.5, 0.6) is 5.75 Å². The van der Waals surface area contributed by atoms with Crippen molar-refractivity contribution in [2.24, 2.45) is 0 Å². The molecule has 1 rings (SSSR count). The van der Waals surface area contributed by atoms with E-state index in [-0.39, 0.29) is 6.61 Å². The zero-order valence-electron chi connectivity index (χ0n) is 8.17. The van der Waals surface area contributed by atoms with Gasteiger partial charge >= 0.3 is 0 Å². The Morgan fingerprint density at radius 3 is 2.54 bits per heavy atom. The molecule has 0 atom stereocenters. The summed E-state index contributed by atoms with van der Waals surface area (Å²) in [6.07, 6.45) is 1.45. The molecule has 0 aromatic heterocycles. The third-order valence-corrected chi connectivity index (χ3v) is 2.43. The van der Waals surface area contributed by atoms with Crippen molar-refractivity contribution in [3.8, 4) is 5.75 Å². The number of aryl methyl sites for hydroxylation is 1. The number of aromatic hydroxyl groups is 1. The van der Waals surface area contributed by atoms with Crippen molar-refractivity contribution in [2.75, 3.05) is 6.61 Å². The first kappa shape index (κ1) is 10.1. The summed E-state index contributed by atoms with van der Waals surface area (Å²) in [6, 6.07) is 3.63. The van der Waals surface area contributed by atoms with Crippen molar-refractivity contribution < 1.29 is 10.2 Å². The highest BCUT2D eigenvalue weighted by molar-refractivity contribution is 5.43. The van der Waals surface area contributed by atoms with Crippen LogP contribution in [0.2, 0.25) is 0 Å². The van der Waals surface area contributed by atoms with Crippen LogP contribution in [0.25, 0.3) is 0 Å². The minimum atomic E-state index is 0.173. The van der Waals surface area contributed by atoms with Crippen molar-refractivity contribution in [2.45, 2.75) is 26.7 Å². The molecule has 1 aromatic rings. The lowest BCUT2D eigenvalue weighted by Gasteiger charge is -2.09. The van der Waals surface area contributed by atoms with E-state index in [4.69, 9.17) is 5.11 Å². The van der Waals surface area contributed by atoms with E-state index in [0.29, 0.717) is 12.2 Å². The summed E-state index contributed by atoms with van der Waals surface area (Å²) < 4.78 is 0. The van der Waals surface area contributed by atoms with Gasteiger partial charge in [0, 0.05) is 6.61 Å². The molecule has 0 aliphatic carbocycles. The summed E-state index contributed by atoms with van der Waals surface area (Å²) in [5.41, 5.74) is 3.29. The van der Waals surface area contributed by atoms with Crippen molar-refractivity contribution >= 4 is 0 Å². The molecule has 0 aliphatic heterocycles. The lowest BCUT2D eigenvalue weighted by Crippen LogP contribution is -1.95. The average molecular weight is 180 g/mol. The normalized spacial score (nSPS) is 10.4. The number of hydrogen-bond donors (Lipinski definition) is 2. The summed E-state index contributed by atoms with van der Waals surface area (Å²) in [4.78, 5) is 0. The molecule has 0 heterocycles. The highest BCUT2D eigenvalue weighted by Crippen LogP contribution is 2.24. The fourth-order valence-corrected chi connectivity index (χ4v) is 1.43. The molecule has 0 amide bonds. The third-order valence-electron chi connectivity index (χ3n) is 2.43. The van der Waals surface area contributed by atoms with E-state index in [2.05, 4.69) is 0 Å². The number of rotatable bonds is 3. The van der Waals surface area contributed by atoms with Crippen LogP contribution < -0.4 is 0 Å². The van der Waals surface area contributed by atoms with Crippen LogP contribution in [0.15, 0.2) is 12.1 Å². The molecule has 0 spiro atoms. The van der Waals surface area contributed by atoms with Gasteiger partial charge in [-0.05, 0) is 49.4 Å². The van der Waals surface area contributed by atoms with E-state index in [9.17, 15) is 5.11 Å². The highest BCUT2D eigenvalue weighted by atomic mass is 16.3. The Morgan fingerprint density at radius 2 is 1.92 bits per heavy atom. The van der Waals surface area contributed by atoms with Crippen molar-refractivity contribution in [1.29, 1.82) is 0 Å². The Labute approximate surface area is 78.8 Å². The van der Waals surface area contributed by atoms with Gasteiger partial charge in [-0.15, -0.1) is 0 Å². The van der Waals surface area contributed by atoms with Crippen LogP contribution in [-0.4, -0.2) is 16.8 Å². The standard InChI is InChI=1S/C11H16O2/c1-8-5-6-11(13)10(9(8)2)4-3-7-12/h5-6,12-13H,3-4,7H2,1-2H3. The molecule has 72 valence electrons. The third kappa shape index (κ3) is 2.22. The first-order valence-corrected chi connectivity index (χ1v) is 4.55. The zero-order chi connectivity index (χ0) is 9.84. The zero-order valence-corrected chi connectivity index (χ0v) is 8.17. The number of aliphatic hydroxyl groups excluding tert-OH is 1. The molecule has 0 radical (unpaired) electrons. The molecule has 13 heavy (non-hydrogen) atoms. The van der Waals surface area contributed by atoms with E-state index in [1.807, 2.05) is 19.9 Å². The van der Waals surface area contributed by atoms with Gasteiger partial charge in [-0.1, -0.05) is 6.07 Å². The summed E-state index contributed by atoms with van der Waals surface area (Å²) in [5.74, 6) is 0.344. The molecule has 0 fully saturated rings. The van der Waals surface area contributed by atoms with Gasteiger partial charge in [-0.2, -0.15) is 0 Å². The van der Waals surface area contributed by atoms with Crippen LogP contribution in [0.3, 0.4) is 0 Å². The predicted molar refractivity (Wildman–Crippen MR) is 53.0 cm³/mol. The highest BCUT2D eigenvalue weighted by Gasteiger charge is 2.05. The minimum absolute atomic E-state index is 0.173. The number of phenolic OH excluding ortho intramolecular Hbond substituents is 1. The largest absolute Gasteiger partial charge is 0.508 e. The molecule has 0 saturated carbocycles. The van der Waals surface area contributed by atoms with Gasteiger partial charge in [-0.25, -0.2) is 0 Å². The number of hydrogen-bond acceptors (Lipinski definition) is 2. The molecule has 0 unspecified atom stereocenters. The van der Waals surface area contributed by atoms with Crippen LogP contribution in [0, 0.1) is 13.8 Å². The monoisotopic (exact) mass is 180 g/mol. The van der Waals surface area contributed by atoms with E-state index in [0.717, 1.165) is 17.5 Å². The van der Waals surface area contributed by atoms with Crippen molar-refractivity contribution in [1.82, 2.24) is 0 Å². The van der Waals surface area contributed by atoms with Gasteiger partial charge in [0.25, 0.3) is 0 Å². The maximum atomic E-state index is 9.56. The van der Waals surface area contributed by atoms with Crippen LogP contribution in [-0.2, 0) is 6.42 Å². The molecule has 1 aromatic carbocycles. The number of phenols is 1. The molecular weight excluding hydrogens is 164 g/mol. The van der Waals surface area contributed by atoms with Gasteiger partial charge < -0.3 is 10.2 Å². The Bertz CT molecular complexity index is 292. The van der Waals surface area contributed by atoms with Crippen molar-refractivity contribution in [3.63, 3.8) is 0 Å². The van der Waals surface area contributed by atoms with Crippen LogP contribution >= 0.6 is 0 Å². The Hall–Kier alpha value is -1.02. The summed E-state index contributed by atoms with van der Waals surface area (Å²) in [7, 11) is 0. The minimum Gasteiger partial charge on any atom is -0.508 e. The second kappa shape index (κ2) is 4.28. The van der Waals surface area contributed by atoms with Gasteiger partial charge in [0.05, 0.1) is 0 Å². The second-order valence-electron chi connectivity index (χ2n) is 3.33. The SMILES string of the molecule is Cc1ccc(O)c(CCCO)c1C. The molecular formula is C11H16O2. The molecule has 0 bridgehead atoms. The maximum Gasteiger partial charge on any atom is 0.119 e. The first-order chi connectivity index (χ1) is 6.16. The topological polar surface area (TPSA) is 40.5 Å². The van der Waals surface area contributed by atoms with Gasteiger partial charge in [-0.3, -0.25) is 0 Å². The summed E-state index contributed by atoms with van der Waals surface area (Å²) in [5, 5.41) is 18.3. The average Bonchev–Trinajstić information content (AvgIpc) is 2.12. The lowest BCUT2D eigenvalue weighted by atomic mass is 9.99. The summed E-state index contributed by atoms with van der Waals surface area (Å²) in [6.45, 7) is 4.20.